The second-order valence-corrected chi connectivity index (χ2v) is 6.56. The third-order valence-corrected chi connectivity index (χ3v) is 2.94. The van der Waals surface area contributed by atoms with Crippen LogP contribution in [0, 0.1) is 11.3 Å². The number of rotatable bonds is 6. The number of tetrazole rings is 1. The number of hydrogen-bond acceptors (Lipinski definition) is 4. The zero-order valence-corrected chi connectivity index (χ0v) is 12.4. The van der Waals surface area contributed by atoms with Gasteiger partial charge in [-0.1, -0.05) is 27.7 Å². The molecule has 6 nitrogen and oxygen atoms in total. The minimum absolute atomic E-state index is 0.0334. The molecule has 1 aromatic rings. The molecule has 0 saturated carbocycles. The molecule has 0 fully saturated rings. The van der Waals surface area contributed by atoms with Crippen LogP contribution in [-0.4, -0.2) is 31.3 Å². The quantitative estimate of drug-likeness (QED) is 0.856. The Morgan fingerprint density at radius 1 is 1.37 bits per heavy atom. The van der Waals surface area contributed by atoms with Gasteiger partial charge in [0.25, 0.3) is 0 Å². The van der Waals surface area contributed by atoms with E-state index in [1.54, 1.807) is 4.68 Å². The molecule has 0 aliphatic heterocycles. The number of carbonyl (C=O) groups is 1. The average Bonchev–Trinajstić information content (AvgIpc) is 2.61. The van der Waals surface area contributed by atoms with Gasteiger partial charge in [0, 0.05) is 6.42 Å². The van der Waals surface area contributed by atoms with Gasteiger partial charge in [0.15, 0.2) is 5.82 Å². The van der Waals surface area contributed by atoms with E-state index in [0.29, 0.717) is 5.92 Å². The minimum atomic E-state index is -0.836. The van der Waals surface area contributed by atoms with Gasteiger partial charge in [0.05, 0.1) is 12.5 Å². The van der Waals surface area contributed by atoms with Crippen molar-refractivity contribution >= 4 is 5.97 Å². The molecule has 0 radical (unpaired) electrons. The lowest BCUT2D eigenvalue weighted by atomic mass is 9.84. The molecule has 2 unspecified atom stereocenters. The van der Waals surface area contributed by atoms with Crippen LogP contribution in [-0.2, 0) is 11.2 Å². The molecule has 108 valence electrons. The Balaban J connectivity index is 2.69. The zero-order chi connectivity index (χ0) is 14.6. The topological polar surface area (TPSA) is 80.9 Å². The maximum Gasteiger partial charge on any atom is 0.305 e. The summed E-state index contributed by atoms with van der Waals surface area (Å²) in [5.74, 6) is 0.393. The molecule has 6 heteroatoms. The third-order valence-electron chi connectivity index (χ3n) is 2.94. The van der Waals surface area contributed by atoms with Gasteiger partial charge in [-0.3, -0.25) is 4.79 Å². The normalized spacial score (nSPS) is 15.2. The maximum atomic E-state index is 10.7. The first-order valence-electron chi connectivity index (χ1n) is 6.67. The summed E-state index contributed by atoms with van der Waals surface area (Å²) in [7, 11) is 0. The third kappa shape index (κ3) is 5.36. The first-order chi connectivity index (χ1) is 8.69. The maximum absolute atomic E-state index is 10.7. The number of aliphatic carboxylic acids is 1. The first kappa shape index (κ1) is 15.6. The lowest BCUT2D eigenvalue weighted by Crippen LogP contribution is -2.18. The lowest BCUT2D eigenvalue weighted by Gasteiger charge is -2.23. The van der Waals surface area contributed by atoms with Gasteiger partial charge in [0.2, 0.25) is 0 Å². The highest BCUT2D eigenvalue weighted by Crippen LogP contribution is 2.26. The van der Waals surface area contributed by atoms with Crippen molar-refractivity contribution in [2.45, 2.75) is 59.9 Å². The molecule has 2 atom stereocenters. The van der Waals surface area contributed by atoms with E-state index in [1.165, 1.54) is 0 Å². The van der Waals surface area contributed by atoms with Crippen molar-refractivity contribution in [3.05, 3.63) is 5.82 Å². The summed E-state index contributed by atoms with van der Waals surface area (Å²) in [6.07, 6.45) is 1.88. The van der Waals surface area contributed by atoms with Crippen molar-refractivity contribution in [2.24, 2.45) is 11.3 Å². The van der Waals surface area contributed by atoms with Crippen LogP contribution in [0.15, 0.2) is 0 Å². The smallest absolute Gasteiger partial charge is 0.305 e. The van der Waals surface area contributed by atoms with Crippen molar-refractivity contribution in [3.63, 3.8) is 0 Å². The van der Waals surface area contributed by atoms with Crippen LogP contribution in [0.2, 0.25) is 0 Å². The molecule has 0 amide bonds. The van der Waals surface area contributed by atoms with Crippen molar-refractivity contribution in [1.82, 2.24) is 20.2 Å². The molecule has 1 rings (SSSR count). The Labute approximate surface area is 114 Å². The molecule has 0 saturated heterocycles. The fourth-order valence-corrected chi connectivity index (χ4v) is 2.46. The van der Waals surface area contributed by atoms with Crippen LogP contribution in [0.5, 0.6) is 0 Å². The largest absolute Gasteiger partial charge is 0.481 e. The summed E-state index contributed by atoms with van der Waals surface area (Å²) < 4.78 is 1.63. The van der Waals surface area contributed by atoms with E-state index in [2.05, 4.69) is 43.2 Å². The molecular weight excluding hydrogens is 244 g/mol. The second-order valence-electron chi connectivity index (χ2n) is 6.56. The van der Waals surface area contributed by atoms with Crippen LogP contribution < -0.4 is 0 Å². The van der Waals surface area contributed by atoms with Gasteiger partial charge in [-0.15, -0.1) is 5.10 Å². The van der Waals surface area contributed by atoms with E-state index < -0.39 is 5.97 Å². The Morgan fingerprint density at radius 3 is 2.53 bits per heavy atom. The van der Waals surface area contributed by atoms with Crippen molar-refractivity contribution in [2.75, 3.05) is 0 Å². The summed E-state index contributed by atoms with van der Waals surface area (Å²) in [6.45, 7) is 10.6. The predicted octanol–water partition coefficient (Wildman–Crippen LogP) is 2.32. The summed E-state index contributed by atoms with van der Waals surface area (Å²) in [5.41, 5.74) is 0.268. The molecule has 0 aliphatic rings. The van der Waals surface area contributed by atoms with E-state index in [4.69, 9.17) is 5.11 Å². The van der Waals surface area contributed by atoms with Gasteiger partial charge in [-0.25, -0.2) is 4.68 Å². The summed E-state index contributed by atoms with van der Waals surface area (Å²) in [4.78, 5) is 10.7. The van der Waals surface area contributed by atoms with Crippen LogP contribution in [0.1, 0.15) is 59.3 Å². The summed E-state index contributed by atoms with van der Waals surface area (Å²) in [5, 5.41) is 20.4. The number of nitrogens with zero attached hydrogens (tertiary/aromatic N) is 4. The number of carboxylic acid groups (broad SMARTS) is 1. The highest BCUT2D eigenvalue weighted by molar-refractivity contribution is 5.67. The SMILES string of the molecule is CC(Cc1nnnn1C(C)CC(=O)O)CC(C)(C)C. The van der Waals surface area contributed by atoms with Crippen molar-refractivity contribution in [3.8, 4) is 0 Å². The van der Waals surface area contributed by atoms with Gasteiger partial charge in [-0.05, 0) is 35.1 Å². The average molecular weight is 268 g/mol. The van der Waals surface area contributed by atoms with E-state index >= 15 is 0 Å². The highest BCUT2D eigenvalue weighted by atomic mass is 16.4. The molecule has 0 aliphatic carbocycles. The van der Waals surface area contributed by atoms with Gasteiger partial charge in [-0.2, -0.15) is 0 Å². The predicted molar refractivity (Wildman–Crippen MR) is 71.7 cm³/mol. The van der Waals surface area contributed by atoms with Crippen LogP contribution in [0.3, 0.4) is 0 Å². The van der Waals surface area contributed by atoms with E-state index in [1.807, 2.05) is 6.92 Å². The van der Waals surface area contributed by atoms with Gasteiger partial charge >= 0.3 is 5.97 Å². The molecular formula is C13H24N4O2. The fourth-order valence-electron chi connectivity index (χ4n) is 2.46. The Bertz CT molecular complexity index is 423. The molecule has 1 N–H and O–H groups in total. The highest BCUT2D eigenvalue weighted by Gasteiger charge is 2.20. The van der Waals surface area contributed by atoms with E-state index in [9.17, 15) is 4.79 Å². The summed E-state index contributed by atoms with van der Waals surface area (Å²) in [6, 6.07) is -0.218. The summed E-state index contributed by atoms with van der Waals surface area (Å²) >= 11 is 0. The van der Waals surface area contributed by atoms with Gasteiger partial charge in [0.1, 0.15) is 0 Å². The molecule has 0 aromatic carbocycles. The fraction of sp³-hybridized carbons (Fsp3) is 0.846. The molecule has 1 heterocycles. The van der Waals surface area contributed by atoms with Crippen LogP contribution >= 0.6 is 0 Å². The number of aromatic nitrogens is 4. The molecule has 0 bridgehead atoms. The molecule has 19 heavy (non-hydrogen) atoms. The number of hydrogen-bond donors (Lipinski definition) is 1. The first-order valence-corrected chi connectivity index (χ1v) is 6.67. The Hall–Kier alpha value is -1.46. The van der Waals surface area contributed by atoms with Crippen molar-refractivity contribution in [1.29, 1.82) is 0 Å². The van der Waals surface area contributed by atoms with Crippen LogP contribution in [0.25, 0.3) is 0 Å². The molecule has 1 aromatic heterocycles. The minimum Gasteiger partial charge on any atom is -0.481 e. The van der Waals surface area contributed by atoms with E-state index in [-0.39, 0.29) is 17.9 Å². The molecule has 0 spiro atoms. The van der Waals surface area contributed by atoms with Crippen LogP contribution in [0.4, 0.5) is 0 Å². The van der Waals surface area contributed by atoms with Gasteiger partial charge < -0.3 is 5.11 Å². The second kappa shape index (κ2) is 6.12. The van der Waals surface area contributed by atoms with Crippen molar-refractivity contribution < 1.29 is 9.90 Å². The standard InChI is InChI=1S/C13H24N4O2/c1-9(8-13(3,4)5)6-11-14-15-16-17(11)10(2)7-12(18)19/h9-10H,6-8H2,1-5H3,(H,18,19). The Morgan fingerprint density at radius 2 is 2.00 bits per heavy atom. The Kier molecular flexibility index (Phi) is 5.03. The zero-order valence-electron chi connectivity index (χ0n) is 12.4. The number of carboxylic acids is 1. The van der Waals surface area contributed by atoms with E-state index in [0.717, 1.165) is 18.7 Å². The monoisotopic (exact) mass is 268 g/mol. The lowest BCUT2D eigenvalue weighted by molar-refractivity contribution is -0.137.